The number of hydrogen-bond donors (Lipinski definition) is 2. The van der Waals surface area contributed by atoms with E-state index < -0.39 is 0 Å². The normalized spacial score (nSPS) is 14.9. The molecule has 4 heterocycles. The average molecular weight is 417 g/mol. The zero-order valence-corrected chi connectivity index (χ0v) is 17.2. The average Bonchev–Trinajstić information content (AvgIpc) is 3.30. The van der Waals surface area contributed by atoms with Gasteiger partial charge in [-0.1, -0.05) is 12.1 Å². The van der Waals surface area contributed by atoms with Crippen molar-refractivity contribution in [2.75, 3.05) is 38.1 Å². The first-order valence-corrected chi connectivity index (χ1v) is 10.3. The Balaban J connectivity index is 1.26. The molecule has 5 rings (SSSR count). The summed E-state index contributed by atoms with van der Waals surface area (Å²) in [4.78, 5) is 35.7. The lowest BCUT2D eigenvalue weighted by Crippen LogP contribution is -2.46. The second-order valence-electron chi connectivity index (χ2n) is 7.74. The number of rotatable bonds is 4. The van der Waals surface area contributed by atoms with E-state index in [2.05, 4.69) is 37.2 Å². The van der Waals surface area contributed by atoms with Gasteiger partial charge in [-0.15, -0.1) is 0 Å². The predicted molar refractivity (Wildman–Crippen MR) is 119 cm³/mol. The fraction of sp³-hybridized carbons (Fsp3) is 0.261. The number of furan rings is 1. The van der Waals surface area contributed by atoms with E-state index in [1.165, 1.54) is 0 Å². The first-order valence-electron chi connectivity index (χ1n) is 10.3. The van der Waals surface area contributed by atoms with Crippen LogP contribution in [0.1, 0.15) is 16.1 Å². The van der Waals surface area contributed by atoms with E-state index in [1.54, 1.807) is 25.6 Å². The number of aromatic amines is 1. The Morgan fingerprint density at radius 2 is 1.97 bits per heavy atom. The fourth-order valence-corrected chi connectivity index (χ4v) is 4.16. The minimum atomic E-state index is -0.200. The third-order valence-corrected chi connectivity index (χ3v) is 5.84. The van der Waals surface area contributed by atoms with Crippen molar-refractivity contribution < 1.29 is 9.21 Å². The van der Waals surface area contributed by atoms with E-state index in [0.717, 1.165) is 60.3 Å². The third-order valence-electron chi connectivity index (χ3n) is 5.84. The van der Waals surface area contributed by atoms with Crippen molar-refractivity contribution in [2.24, 2.45) is 0 Å². The molecule has 1 aromatic carbocycles. The molecule has 1 aliphatic heterocycles. The zero-order chi connectivity index (χ0) is 21.4. The number of fused-ring (bicyclic) bond motifs is 3. The largest absolute Gasteiger partial charge is 0.459 e. The molecule has 0 bridgehead atoms. The number of hydrogen-bond acceptors (Lipinski definition) is 6. The maximum atomic E-state index is 12.2. The highest BCUT2D eigenvalue weighted by Gasteiger charge is 2.18. The highest BCUT2D eigenvalue weighted by molar-refractivity contribution is 6.03. The van der Waals surface area contributed by atoms with Crippen LogP contribution in [-0.2, 0) is 6.54 Å². The van der Waals surface area contributed by atoms with E-state index in [9.17, 15) is 9.59 Å². The van der Waals surface area contributed by atoms with Crippen LogP contribution < -0.4 is 15.8 Å². The van der Waals surface area contributed by atoms with Crippen LogP contribution in [0.4, 0.5) is 5.69 Å². The number of anilines is 1. The molecule has 8 heteroatoms. The topological polar surface area (TPSA) is 94.5 Å². The summed E-state index contributed by atoms with van der Waals surface area (Å²) in [6.45, 7) is 4.45. The van der Waals surface area contributed by atoms with Gasteiger partial charge in [-0.3, -0.25) is 14.5 Å². The number of nitrogens with one attached hydrogen (secondary N) is 2. The van der Waals surface area contributed by atoms with E-state index in [4.69, 9.17) is 4.42 Å². The number of carbonyl (C=O) groups is 1. The molecule has 4 aromatic rings. The second-order valence-corrected chi connectivity index (χ2v) is 7.74. The van der Waals surface area contributed by atoms with E-state index in [-0.39, 0.29) is 11.5 Å². The number of H-pyrrole nitrogens is 1. The summed E-state index contributed by atoms with van der Waals surface area (Å²) < 4.78 is 5.30. The molecule has 1 saturated heterocycles. The van der Waals surface area contributed by atoms with Crippen LogP contribution in [0.3, 0.4) is 0 Å². The van der Waals surface area contributed by atoms with E-state index >= 15 is 0 Å². The van der Waals surface area contributed by atoms with Gasteiger partial charge in [0.25, 0.3) is 11.5 Å². The van der Waals surface area contributed by atoms with Gasteiger partial charge < -0.3 is 19.6 Å². The summed E-state index contributed by atoms with van der Waals surface area (Å²) in [5.74, 6) is -0.179. The molecule has 2 N–H and O–H groups in total. The van der Waals surface area contributed by atoms with Crippen molar-refractivity contribution in [3.05, 3.63) is 70.5 Å². The Morgan fingerprint density at radius 3 is 2.71 bits per heavy atom. The smallest absolute Gasteiger partial charge is 0.292 e. The molecule has 1 aliphatic rings. The van der Waals surface area contributed by atoms with Crippen molar-refractivity contribution in [1.29, 1.82) is 0 Å². The number of carbonyl (C=O) groups excluding carboxylic acids is 1. The number of benzene rings is 1. The molecule has 158 valence electrons. The Labute approximate surface area is 178 Å². The van der Waals surface area contributed by atoms with Crippen LogP contribution in [-0.4, -0.2) is 54.0 Å². The Kier molecular flexibility index (Phi) is 4.91. The number of amides is 1. The third kappa shape index (κ3) is 3.66. The SMILES string of the molecule is CNC(=O)c1ccc(N2CCN(Cc3ccc4c(c3)[nH]c(=O)c3occc34)CC2)cn1. The Morgan fingerprint density at radius 1 is 1.13 bits per heavy atom. The summed E-state index contributed by atoms with van der Waals surface area (Å²) in [6, 6.07) is 11.8. The molecule has 0 aliphatic carbocycles. The predicted octanol–water partition coefficient (Wildman–Crippen LogP) is 2.35. The molecule has 0 radical (unpaired) electrons. The van der Waals surface area contributed by atoms with Gasteiger partial charge in [0, 0.05) is 56.1 Å². The van der Waals surface area contributed by atoms with Gasteiger partial charge in [-0.05, 0) is 29.8 Å². The highest BCUT2D eigenvalue weighted by atomic mass is 16.3. The highest BCUT2D eigenvalue weighted by Crippen LogP contribution is 2.24. The summed E-state index contributed by atoms with van der Waals surface area (Å²) in [5, 5.41) is 4.42. The monoisotopic (exact) mass is 417 g/mol. The van der Waals surface area contributed by atoms with Crippen molar-refractivity contribution in [2.45, 2.75) is 6.54 Å². The van der Waals surface area contributed by atoms with Gasteiger partial charge in [-0.2, -0.15) is 0 Å². The molecule has 1 amide bonds. The van der Waals surface area contributed by atoms with Gasteiger partial charge in [-0.25, -0.2) is 4.98 Å². The minimum Gasteiger partial charge on any atom is -0.459 e. The molecule has 0 saturated carbocycles. The second kappa shape index (κ2) is 7.88. The molecule has 8 nitrogen and oxygen atoms in total. The quantitative estimate of drug-likeness (QED) is 0.529. The van der Waals surface area contributed by atoms with Crippen LogP contribution in [0.5, 0.6) is 0 Å². The molecular formula is C23H23N5O3. The first-order chi connectivity index (χ1) is 15.1. The van der Waals surface area contributed by atoms with Gasteiger partial charge in [0.15, 0.2) is 5.58 Å². The van der Waals surface area contributed by atoms with Gasteiger partial charge in [0.2, 0.25) is 0 Å². The summed E-state index contributed by atoms with van der Waals surface area (Å²) in [6.07, 6.45) is 3.31. The Bertz CT molecular complexity index is 1300. The van der Waals surface area contributed by atoms with Crippen LogP contribution in [0.2, 0.25) is 0 Å². The lowest BCUT2D eigenvalue weighted by Gasteiger charge is -2.36. The molecule has 0 spiro atoms. The van der Waals surface area contributed by atoms with Crippen molar-refractivity contribution in [1.82, 2.24) is 20.2 Å². The summed E-state index contributed by atoms with van der Waals surface area (Å²) in [5.41, 5.74) is 3.61. The van der Waals surface area contributed by atoms with E-state index in [0.29, 0.717) is 11.3 Å². The molecule has 1 fully saturated rings. The lowest BCUT2D eigenvalue weighted by molar-refractivity contribution is 0.0958. The molecule has 0 atom stereocenters. The maximum Gasteiger partial charge on any atom is 0.292 e. The fourth-order valence-electron chi connectivity index (χ4n) is 4.16. The Hall–Kier alpha value is -3.65. The number of piperazine rings is 1. The van der Waals surface area contributed by atoms with Crippen molar-refractivity contribution in [3.8, 4) is 0 Å². The van der Waals surface area contributed by atoms with Crippen LogP contribution >= 0.6 is 0 Å². The first kappa shape index (κ1) is 19.3. The molecular weight excluding hydrogens is 394 g/mol. The van der Waals surface area contributed by atoms with Crippen molar-refractivity contribution in [3.63, 3.8) is 0 Å². The molecule has 31 heavy (non-hydrogen) atoms. The van der Waals surface area contributed by atoms with Gasteiger partial charge >= 0.3 is 0 Å². The molecule has 3 aromatic heterocycles. The number of nitrogens with zero attached hydrogens (tertiary/aromatic N) is 3. The zero-order valence-electron chi connectivity index (χ0n) is 17.2. The maximum absolute atomic E-state index is 12.2. The number of pyridine rings is 2. The summed E-state index contributed by atoms with van der Waals surface area (Å²) >= 11 is 0. The lowest BCUT2D eigenvalue weighted by atomic mass is 10.1. The van der Waals surface area contributed by atoms with Crippen LogP contribution in [0.25, 0.3) is 21.9 Å². The summed E-state index contributed by atoms with van der Waals surface area (Å²) in [7, 11) is 1.60. The van der Waals surface area contributed by atoms with E-state index in [1.807, 2.05) is 18.2 Å². The van der Waals surface area contributed by atoms with Gasteiger partial charge in [0.05, 0.1) is 18.1 Å². The standard InChI is InChI=1S/C23H23N5O3/c1-24-22(29)19-5-3-16(13-25-19)28-9-7-27(8-10-28)14-15-2-4-17-18-6-11-31-21(18)23(30)26-20(17)12-15/h2-6,11-13H,7-10,14H2,1H3,(H,24,29)(H,26,30). The van der Waals surface area contributed by atoms with Gasteiger partial charge in [0.1, 0.15) is 5.69 Å². The minimum absolute atomic E-state index is 0.179. The van der Waals surface area contributed by atoms with Crippen molar-refractivity contribution >= 4 is 33.5 Å². The van der Waals surface area contributed by atoms with Crippen LogP contribution in [0.15, 0.2) is 58.1 Å². The molecule has 0 unspecified atom stereocenters. The number of aromatic nitrogens is 2. The van der Waals surface area contributed by atoms with Crippen LogP contribution in [0, 0.1) is 0 Å².